The molecule has 1 saturated heterocycles. The fraction of sp³-hybridized carbons (Fsp3) is 0.522. The fourth-order valence-electron chi connectivity index (χ4n) is 4.89. The molecule has 0 bridgehead atoms. The molecule has 0 aliphatic carbocycles. The van der Waals surface area contributed by atoms with E-state index in [4.69, 9.17) is 4.98 Å². The van der Waals surface area contributed by atoms with Gasteiger partial charge in [-0.2, -0.15) is 9.97 Å². The van der Waals surface area contributed by atoms with Crippen LogP contribution in [0.1, 0.15) is 30.3 Å². The van der Waals surface area contributed by atoms with Gasteiger partial charge in [0, 0.05) is 32.6 Å². The van der Waals surface area contributed by atoms with E-state index in [0.717, 1.165) is 22.5 Å². The quantitative estimate of drug-likeness (QED) is 0.582. The zero-order valence-electron chi connectivity index (χ0n) is 20.2. The van der Waals surface area contributed by atoms with Crippen LogP contribution >= 0.6 is 0 Å². The summed E-state index contributed by atoms with van der Waals surface area (Å²) in [4.78, 5) is 17.8. The summed E-state index contributed by atoms with van der Waals surface area (Å²) in [5.74, 6) is -1.92. The van der Waals surface area contributed by atoms with E-state index in [-0.39, 0.29) is 10.8 Å². The van der Waals surface area contributed by atoms with Gasteiger partial charge in [0.15, 0.2) is 11.5 Å². The molecule has 1 N–H and O–H groups in total. The smallest absolute Gasteiger partial charge is 0.267 e. The molecular weight excluding hydrogens is 476 g/mol. The second kappa shape index (κ2) is 8.37. The molecular formula is C23H29F2N7O2S. The molecule has 1 unspecified atom stereocenters. The maximum atomic E-state index is 14.5. The summed E-state index contributed by atoms with van der Waals surface area (Å²) in [6.07, 6.45) is 0.855. The molecule has 0 saturated carbocycles. The molecule has 188 valence electrons. The number of hydrogen-bond acceptors (Lipinski definition) is 7. The minimum Gasteiger partial charge on any atom is -0.350 e. The van der Waals surface area contributed by atoms with Crippen LogP contribution in [0.25, 0.3) is 11.2 Å². The van der Waals surface area contributed by atoms with Crippen molar-refractivity contribution in [2.24, 2.45) is 13.0 Å². The lowest BCUT2D eigenvalue weighted by Gasteiger charge is -2.37. The lowest BCUT2D eigenvalue weighted by atomic mass is 9.95. The molecule has 1 atom stereocenters. The number of aryl methyl sites for hydroxylation is 2. The van der Waals surface area contributed by atoms with E-state index >= 15 is 0 Å². The van der Waals surface area contributed by atoms with Gasteiger partial charge in [-0.05, 0) is 44.0 Å². The number of hydrogen-bond donors (Lipinski definition) is 1. The molecule has 35 heavy (non-hydrogen) atoms. The van der Waals surface area contributed by atoms with Crippen molar-refractivity contribution in [3.63, 3.8) is 0 Å². The number of nitrogens with one attached hydrogen (secondary N) is 1. The molecule has 2 aliphatic heterocycles. The second-order valence-corrected chi connectivity index (χ2v) is 11.2. The highest BCUT2D eigenvalue weighted by Crippen LogP contribution is 2.36. The van der Waals surface area contributed by atoms with E-state index in [1.165, 1.54) is 7.05 Å². The van der Waals surface area contributed by atoms with Crippen molar-refractivity contribution in [1.82, 2.24) is 24.2 Å². The standard InChI is InChI=1S/C23H29F2N7O2S/c1-14-8-10-32(13-23(14,24)25)22-28-20-19(30(4)15(2)27-20)21(29-22)31-11-9-17-16(12-31)6-5-7-18(17)35(33,34)26-3/h5-7,14,26H,8-13H2,1-4H3. The van der Waals surface area contributed by atoms with Crippen molar-refractivity contribution >= 4 is 33.0 Å². The number of sulfonamides is 1. The topological polar surface area (TPSA) is 96.2 Å². The zero-order valence-corrected chi connectivity index (χ0v) is 21.0. The van der Waals surface area contributed by atoms with E-state index < -0.39 is 28.4 Å². The summed E-state index contributed by atoms with van der Waals surface area (Å²) in [5, 5.41) is 0. The first-order chi connectivity index (χ1) is 16.5. The van der Waals surface area contributed by atoms with Crippen molar-refractivity contribution in [2.45, 2.75) is 44.1 Å². The highest BCUT2D eigenvalue weighted by molar-refractivity contribution is 7.89. The summed E-state index contributed by atoms with van der Waals surface area (Å²) in [6, 6.07) is 5.26. The Hall–Kier alpha value is -2.86. The monoisotopic (exact) mass is 505 g/mol. The first kappa shape index (κ1) is 23.9. The van der Waals surface area contributed by atoms with Crippen molar-refractivity contribution < 1.29 is 17.2 Å². The predicted octanol–water partition coefficient (Wildman–Crippen LogP) is 2.62. The average Bonchev–Trinajstić information content (AvgIpc) is 3.12. The van der Waals surface area contributed by atoms with Gasteiger partial charge < -0.3 is 14.4 Å². The molecule has 9 nitrogen and oxygen atoms in total. The maximum Gasteiger partial charge on any atom is 0.267 e. The third-order valence-electron chi connectivity index (χ3n) is 7.24. The molecule has 12 heteroatoms. The predicted molar refractivity (Wildman–Crippen MR) is 129 cm³/mol. The molecule has 2 aliphatic rings. The number of anilines is 2. The van der Waals surface area contributed by atoms with Gasteiger partial charge in [0.05, 0.1) is 11.4 Å². The average molecular weight is 506 g/mol. The van der Waals surface area contributed by atoms with Gasteiger partial charge in [0.2, 0.25) is 16.0 Å². The molecule has 3 aromatic rings. The van der Waals surface area contributed by atoms with Crippen LogP contribution < -0.4 is 14.5 Å². The Morgan fingerprint density at radius 2 is 1.91 bits per heavy atom. The van der Waals surface area contributed by atoms with Crippen molar-refractivity contribution in [3.8, 4) is 0 Å². The first-order valence-electron chi connectivity index (χ1n) is 11.6. The van der Waals surface area contributed by atoms with Crippen LogP contribution in [0.2, 0.25) is 0 Å². The van der Waals surface area contributed by atoms with Gasteiger partial charge in [0.25, 0.3) is 5.92 Å². The number of rotatable bonds is 4. The lowest BCUT2D eigenvalue weighted by molar-refractivity contribution is -0.0575. The Kier molecular flexibility index (Phi) is 5.71. The SMILES string of the molecule is CNS(=O)(=O)c1cccc2c1CCN(c1nc(N3CCC(C)C(F)(F)C3)nc3nc(C)n(C)c13)C2. The second-order valence-electron chi connectivity index (χ2n) is 9.38. The Labute approximate surface area is 203 Å². The van der Waals surface area contributed by atoms with Crippen LogP contribution in [0.15, 0.2) is 23.1 Å². The van der Waals surface area contributed by atoms with Gasteiger partial charge in [-0.1, -0.05) is 19.1 Å². The summed E-state index contributed by atoms with van der Waals surface area (Å²) in [7, 11) is -0.303. The number of halogens is 2. The van der Waals surface area contributed by atoms with Gasteiger partial charge in [-0.25, -0.2) is 26.9 Å². The number of aromatic nitrogens is 4. The molecule has 2 aromatic heterocycles. The zero-order chi connectivity index (χ0) is 25.1. The number of imidazole rings is 1. The molecule has 4 heterocycles. The minimum absolute atomic E-state index is 0.245. The third kappa shape index (κ3) is 4.02. The van der Waals surface area contributed by atoms with E-state index in [1.807, 2.05) is 24.6 Å². The number of nitrogens with zero attached hydrogens (tertiary/aromatic N) is 6. The van der Waals surface area contributed by atoms with E-state index in [2.05, 4.69) is 19.6 Å². The largest absolute Gasteiger partial charge is 0.350 e. The summed E-state index contributed by atoms with van der Waals surface area (Å²) >= 11 is 0. The molecule has 0 spiro atoms. The molecule has 0 amide bonds. The Morgan fingerprint density at radius 3 is 2.63 bits per heavy atom. The van der Waals surface area contributed by atoms with Crippen molar-refractivity contribution in [3.05, 3.63) is 35.2 Å². The summed E-state index contributed by atoms with van der Waals surface area (Å²) in [6.45, 7) is 4.41. The van der Waals surface area contributed by atoms with Gasteiger partial charge in [-0.15, -0.1) is 0 Å². The van der Waals surface area contributed by atoms with E-state index in [0.29, 0.717) is 43.9 Å². The van der Waals surface area contributed by atoms with E-state index in [1.54, 1.807) is 24.0 Å². The summed E-state index contributed by atoms with van der Waals surface area (Å²) < 4.78 is 58.4. The van der Waals surface area contributed by atoms with Crippen LogP contribution in [-0.2, 0) is 30.0 Å². The van der Waals surface area contributed by atoms with Crippen LogP contribution in [0, 0.1) is 12.8 Å². The highest BCUT2D eigenvalue weighted by Gasteiger charge is 2.43. The van der Waals surface area contributed by atoms with Crippen molar-refractivity contribution in [2.75, 3.05) is 36.5 Å². The van der Waals surface area contributed by atoms with E-state index in [9.17, 15) is 17.2 Å². The number of piperidine rings is 1. The lowest BCUT2D eigenvalue weighted by Crippen LogP contribution is -2.48. The highest BCUT2D eigenvalue weighted by atomic mass is 32.2. The van der Waals surface area contributed by atoms with Crippen LogP contribution in [0.5, 0.6) is 0 Å². The van der Waals surface area contributed by atoms with Crippen molar-refractivity contribution in [1.29, 1.82) is 0 Å². The molecule has 0 radical (unpaired) electrons. The number of benzene rings is 1. The Morgan fingerprint density at radius 1 is 1.14 bits per heavy atom. The normalized spacial score (nSPS) is 20.3. The molecule has 1 fully saturated rings. The third-order valence-corrected chi connectivity index (χ3v) is 8.74. The number of fused-ring (bicyclic) bond motifs is 2. The van der Waals surface area contributed by atoms with Gasteiger partial charge >= 0.3 is 0 Å². The Bertz CT molecular complexity index is 1410. The van der Waals surface area contributed by atoms with Crippen LogP contribution in [0.3, 0.4) is 0 Å². The van der Waals surface area contributed by atoms with Crippen LogP contribution in [0.4, 0.5) is 20.5 Å². The molecule has 1 aromatic carbocycles. The molecule has 5 rings (SSSR count). The maximum absolute atomic E-state index is 14.5. The minimum atomic E-state index is -3.58. The first-order valence-corrected chi connectivity index (χ1v) is 13.1. The Balaban J connectivity index is 1.58. The van der Waals surface area contributed by atoms with Crippen LogP contribution in [-0.4, -0.2) is 60.5 Å². The number of alkyl halides is 2. The summed E-state index contributed by atoms with van der Waals surface area (Å²) in [5.41, 5.74) is 2.86. The van der Waals surface area contributed by atoms with Gasteiger partial charge in [0.1, 0.15) is 11.3 Å². The fourth-order valence-corrected chi connectivity index (χ4v) is 5.92. The van der Waals surface area contributed by atoms with Gasteiger partial charge in [-0.3, -0.25) is 0 Å².